The second-order valence-electron chi connectivity index (χ2n) is 6.29. The molecule has 0 saturated heterocycles. The van der Waals surface area contributed by atoms with E-state index in [1.807, 2.05) is 24.3 Å². The van der Waals surface area contributed by atoms with Gasteiger partial charge in [0.1, 0.15) is 11.5 Å². The molecular formula is C22H30O3. The molecule has 2 aromatic carbocycles. The highest BCUT2D eigenvalue weighted by atomic mass is 16.5. The van der Waals surface area contributed by atoms with E-state index in [1.165, 1.54) is 11.1 Å². The monoisotopic (exact) mass is 342 g/mol. The summed E-state index contributed by atoms with van der Waals surface area (Å²) in [6, 6.07) is 16.6. The van der Waals surface area contributed by atoms with Gasteiger partial charge in [0.05, 0.1) is 27.4 Å². The van der Waals surface area contributed by atoms with Gasteiger partial charge in [-0.05, 0) is 48.2 Å². The summed E-state index contributed by atoms with van der Waals surface area (Å²) in [7, 11) is 3.39. The molecule has 2 atom stereocenters. The quantitative estimate of drug-likeness (QED) is 0.578. The van der Waals surface area contributed by atoms with Crippen molar-refractivity contribution in [1.82, 2.24) is 0 Å². The minimum atomic E-state index is 0.416. The molecule has 0 aliphatic carbocycles. The zero-order valence-corrected chi connectivity index (χ0v) is 15.8. The summed E-state index contributed by atoms with van der Waals surface area (Å²) in [5.74, 6) is 2.62. The molecule has 0 aliphatic heterocycles. The van der Waals surface area contributed by atoms with Crippen LogP contribution in [-0.4, -0.2) is 27.4 Å². The van der Waals surface area contributed by atoms with E-state index in [1.54, 1.807) is 14.2 Å². The van der Waals surface area contributed by atoms with Crippen molar-refractivity contribution in [1.29, 1.82) is 0 Å². The van der Waals surface area contributed by atoms with Crippen molar-refractivity contribution in [3.63, 3.8) is 0 Å². The standard InChI is InChI=1S/C22H30O3/c1-5-17(19-7-11-21(23-3)12-8-19)15-25-16-18(6-2)20-9-13-22(24-4)14-10-20/h7-14,17-18H,5-6,15-16H2,1-4H3. The first-order valence-corrected chi connectivity index (χ1v) is 9.07. The summed E-state index contributed by atoms with van der Waals surface area (Å²) >= 11 is 0. The summed E-state index contributed by atoms with van der Waals surface area (Å²) < 4.78 is 16.6. The maximum Gasteiger partial charge on any atom is 0.118 e. The Morgan fingerprint density at radius 3 is 1.28 bits per heavy atom. The average molecular weight is 342 g/mol. The maximum atomic E-state index is 6.10. The molecule has 0 saturated carbocycles. The molecule has 0 heterocycles. The van der Waals surface area contributed by atoms with Gasteiger partial charge in [-0.1, -0.05) is 38.1 Å². The molecular weight excluding hydrogens is 312 g/mol. The first kappa shape index (κ1) is 19.3. The van der Waals surface area contributed by atoms with Gasteiger partial charge in [0.25, 0.3) is 0 Å². The zero-order valence-electron chi connectivity index (χ0n) is 15.8. The number of rotatable bonds is 10. The normalized spacial score (nSPS) is 13.3. The highest BCUT2D eigenvalue weighted by molar-refractivity contribution is 5.30. The number of methoxy groups -OCH3 is 2. The van der Waals surface area contributed by atoms with Crippen LogP contribution < -0.4 is 9.47 Å². The Morgan fingerprint density at radius 1 is 0.640 bits per heavy atom. The van der Waals surface area contributed by atoms with E-state index in [4.69, 9.17) is 14.2 Å². The molecule has 3 heteroatoms. The van der Waals surface area contributed by atoms with E-state index in [-0.39, 0.29) is 0 Å². The SMILES string of the molecule is CCC(COCC(CC)c1ccc(OC)cc1)c1ccc(OC)cc1. The number of benzene rings is 2. The lowest BCUT2D eigenvalue weighted by Crippen LogP contribution is -2.13. The summed E-state index contributed by atoms with van der Waals surface area (Å²) in [4.78, 5) is 0. The van der Waals surface area contributed by atoms with Gasteiger partial charge in [-0.25, -0.2) is 0 Å². The lowest BCUT2D eigenvalue weighted by atomic mass is 9.96. The van der Waals surface area contributed by atoms with Gasteiger partial charge >= 0.3 is 0 Å². The van der Waals surface area contributed by atoms with Crippen molar-refractivity contribution >= 4 is 0 Å². The van der Waals surface area contributed by atoms with E-state index < -0.39 is 0 Å². The van der Waals surface area contributed by atoms with Crippen LogP contribution in [0.2, 0.25) is 0 Å². The second-order valence-corrected chi connectivity index (χ2v) is 6.29. The summed E-state index contributed by atoms with van der Waals surface area (Å²) in [5, 5.41) is 0. The molecule has 0 bridgehead atoms. The molecule has 0 fully saturated rings. The van der Waals surface area contributed by atoms with Gasteiger partial charge in [0, 0.05) is 11.8 Å². The predicted molar refractivity (Wildman–Crippen MR) is 103 cm³/mol. The molecule has 25 heavy (non-hydrogen) atoms. The van der Waals surface area contributed by atoms with Crippen molar-refractivity contribution in [3.05, 3.63) is 59.7 Å². The van der Waals surface area contributed by atoms with Crippen LogP contribution in [0.1, 0.15) is 49.7 Å². The predicted octanol–water partition coefficient (Wildman–Crippen LogP) is 5.41. The molecule has 0 radical (unpaired) electrons. The van der Waals surface area contributed by atoms with Crippen molar-refractivity contribution < 1.29 is 14.2 Å². The molecule has 0 amide bonds. The summed E-state index contributed by atoms with van der Waals surface area (Å²) in [6.45, 7) is 5.91. The van der Waals surface area contributed by atoms with Crippen LogP contribution >= 0.6 is 0 Å². The number of ether oxygens (including phenoxy) is 3. The van der Waals surface area contributed by atoms with E-state index >= 15 is 0 Å². The highest BCUT2D eigenvalue weighted by Gasteiger charge is 2.13. The Balaban J connectivity index is 1.90. The molecule has 0 aliphatic rings. The lowest BCUT2D eigenvalue weighted by Gasteiger charge is -2.20. The van der Waals surface area contributed by atoms with Crippen molar-refractivity contribution in [2.75, 3.05) is 27.4 Å². The van der Waals surface area contributed by atoms with Crippen molar-refractivity contribution in [2.24, 2.45) is 0 Å². The first-order valence-electron chi connectivity index (χ1n) is 9.07. The van der Waals surface area contributed by atoms with Crippen LogP contribution in [0.3, 0.4) is 0 Å². The third-order valence-electron chi connectivity index (χ3n) is 4.80. The molecule has 2 unspecified atom stereocenters. The lowest BCUT2D eigenvalue weighted by molar-refractivity contribution is 0.104. The van der Waals surface area contributed by atoms with Crippen LogP contribution in [0.15, 0.2) is 48.5 Å². The Morgan fingerprint density at radius 2 is 1.00 bits per heavy atom. The summed E-state index contributed by atoms with van der Waals surface area (Å²) in [6.07, 6.45) is 2.12. The minimum absolute atomic E-state index is 0.416. The smallest absolute Gasteiger partial charge is 0.118 e. The fourth-order valence-corrected chi connectivity index (χ4v) is 3.00. The van der Waals surface area contributed by atoms with E-state index in [2.05, 4.69) is 38.1 Å². The molecule has 0 spiro atoms. The van der Waals surface area contributed by atoms with Gasteiger partial charge in [-0.2, -0.15) is 0 Å². The topological polar surface area (TPSA) is 27.7 Å². The van der Waals surface area contributed by atoms with Crippen LogP contribution in [0, 0.1) is 0 Å². The molecule has 3 nitrogen and oxygen atoms in total. The molecule has 0 aromatic heterocycles. The van der Waals surface area contributed by atoms with Crippen LogP contribution in [0.25, 0.3) is 0 Å². The minimum Gasteiger partial charge on any atom is -0.497 e. The molecule has 136 valence electrons. The van der Waals surface area contributed by atoms with E-state index in [0.29, 0.717) is 11.8 Å². The largest absolute Gasteiger partial charge is 0.497 e. The molecule has 2 rings (SSSR count). The van der Waals surface area contributed by atoms with Crippen LogP contribution in [-0.2, 0) is 4.74 Å². The van der Waals surface area contributed by atoms with Gasteiger partial charge in [-0.15, -0.1) is 0 Å². The Bertz CT molecular complexity index is 549. The fraction of sp³-hybridized carbons (Fsp3) is 0.455. The van der Waals surface area contributed by atoms with Gasteiger partial charge in [-0.3, -0.25) is 0 Å². The number of hydrogen-bond acceptors (Lipinski definition) is 3. The van der Waals surface area contributed by atoms with E-state index in [0.717, 1.165) is 37.6 Å². The second kappa shape index (κ2) is 10.1. The van der Waals surface area contributed by atoms with Gasteiger partial charge in [0.2, 0.25) is 0 Å². The number of hydrogen-bond donors (Lipinski definition) is 0. The Hall–Kier alpha value is -2.00. The molecule has 2 aromatic rings. The zero-order chi connectivity index (χ0) is 18.1. The van der Waals surface area contributed by atoms with E-state index in [9.17, 15) is 0 Å². The van der Waals surface area contributed by atoms with Gasteiger partial charge in [0.15, 0.2) is 0 Å². The van der Waals surface area contributed by atoms with Crippen molar-refractivity contribution in [3.8, 4) is 11.5 Å². The maximum absolute atomic E-state index is 6.10. The summed E-state index contributed by atoms with van der Waals surface area (Å²) in [5.41, 5.74) is 2.61. The molecule has 0 N–H and O–H groups in total. The van der Waals surface area contributed by atoms with Crippen LogP contribution in [0.4, 0.5) is 0 Å². The third kappa shape index (κ3) is 5.50. The highest BCUT2D eigenvalue weighted by Crippen LogP contribution is 2.25. The van der Waals surface area contributed by atoms with Crippen molar-refractivity contribution in [2.45, 2.75) is 38.5 Å². The van der Waals surface area contributed by atoms with Gasteiger partial charge < -0.3 is 14.2 Å². The third-order valence-corrected chi connectivity index (χ3v) is 4.80. The Kier molecular flexibility index (Phi) is 7.80. The first-order chi connectivity index (χ1) is 12.2. The van der Waals surface area contributed by atoms with Crippen LogP contribution in [0.5, 0.6) is 11.5 Å². The average Bonchev–Trinajstić information content (AvgIpc) is 2.68. The Labute approximate surface area is 151 Å². The fourth-order valence-electron chi connectivity index (χ4n) is 3.00.